The number of methoxy groups -OCH3 is 2. The maximum Gasteiger partial charge on any atom is 0.407 e. The number of nitrogens with one attached hydrogen (secondary N) is 4. The maximum atomic E-state index is 13.9. The Labute approximate surface area is 351 Å². The van der Waals surface area contributed by atoms with Gasteiger partial charge < -0.3 is 39.9 Å². The van der Waals surface area contributed by atoms with Crippen LogP contribution in [0.15, 0.2) is 48.5 Å². The fourth-order valence-corrected chi connectivity index (χ4v) is 11.9. The molecule has 1 saturated carbocycles. The molecule has 2 aliphatic heterocycles. The van der Waals surface area contributed by atoms with Crippen molar-refractivity contribution in [2.45, 2.75) is 96.8 Å². The molecule has 4 N–H and O–H groups in total. The minimum Gasteiger partial charge on any atom is -0.453 e. The fourth-order valence-electron chi connectivity index (χ4n) is 8.78. The highest BCUT2D eigenvalue weighted by Gasteiger charge is 2.56. The monoisotopic (exact) mass is 842 g/mol. The number of rotatable bonds is 11. The number of ether oxygens (including phenoxy) is 2. The number of fused-ring (bicyclic) bond motifs is 1. The number of aromatic nitrogens is 4. The molecule has 6 atom stereocenters. The van der Waals surface area contributed by atoms with Crippen LogP contribution in [0.25, 0.3) is 33.6 Å². The van der Waals surface area contributed by atoms with Crippen molar-refractivity contribution in [2.24, 2.45) is 17.8 Å². The number of aromatic amines is 2. The van der Waals surface area contributed by atoms with E-state index >= 15 is 0 Å². The van der Waals surface area contributed by atoms with Crippen LogP contribution in [-0.2, 0) is 19.1 Å². The summed E-state index contributed by atoms with van der Waals surface area (Å²) in [6, 6.07) is 15.4. The normalized spacial score (nSPS) is 21.6. The third-order valence-corrected chi connectivity index (χ3v) is 15.0. The SMILES string of the molecule is COC(=O)N[C@H](C(=O)N1C[Si](C)(C)C[C@H]1c1nc(-c2ccc(-c3ccc(-c4nc([C@@H]5C[C@H]6C[C@H]6N5C(=O)[C@@H](NC(=O)OC)C(C)C)[nH]c4C)cc3)cc2)c(Cl)[nH]1)C(C)C. The first-order valence-corrected chi connectivity index (χ1v) is 24.1. The number of likely N-dealkylation sites (tertiary alicyclic amines) is 1. The topological polar surface area (TPSA) is 175 Å². The van der Waals surface area contributed by atoms with Gasteiger partial charge in [0.2, 0.25) is 11.8 Å². The van der Waals surface area contributed by atoms with Gasteiger partial charge in [0.05, 0.1) is 40.1 Å². The molecular weight excluding hydrogens is 788 g/mol. The van der Waals surface area contributed by atoms with E-state index in [1.54, 1.807) is 0 Å². The molecule has 1 aliphatic carbocycles. The van der Waals surface area contributed by atoms with E-state index in [-0.39, 0.29) is 41.8 Å². The minimum absolute atomic E-state index is 0.106. The smallest absolute Gasteiger partial charge is 0.407 e. The molecular formula is C43H55ClN8O6Si. The molecule has 2 saturated heterocycles. The van der Waals surface area contributed by atoms with Crippen molar-refractivity contribution in [1.29, 1.82) is 0 Å². The van der Waals surface area contributed by atoms with E-state index in [0.717, 1.165) is 58.4 Å². The molecule has 4 aromatic rings. The van der Waals surface area contributed by atoms with Crippen LogP contribution in [0, 0.1) is 24.7 Å². The number of benzene rings is 2. The van der Waals surface area contributed by atoms with Gasteiger partial charge in [0.25, 0.3) is 0 Å². The second kappa shape index (κ2) is 16.5. The number of hydrogen-bond acceptors (Lipinski definition) is 8. The quantitative estimate of drug-likeness (QED) is 0.111. The first-order chi connectivity index (χ1) is 28.0. The number of aryl methyl sites for hydroxylation is 1. The molecule has 0 radical (unpaired) electrons. The molecule has 3 aliphatic rings. The lowest BCUT2D eigenvalue weighted by molar-refractivity contribution is -0.137. The Hall–Kier alpha value is -5.15. The summed E-state index contributed by atoms with van der Waals surface area (Å²) in [7, 11) is 0.782. The third kappa shape index (κ3) is 8.49. The standard InChI is InChI=1S/C43H55ClN8O6Si/c1-22(2)33(48-42(55)57-6)40(53)51-21-59(8,9)20-32(51)39-47-36(37(44)50-39)28-16-12-26(13-17-28)25-10-14-27(15-11-25)35-24(5)45-38(46-35)31-19-29-18-30(29)52(31)41(54)34(23(3)4)49-43(56)58-7/h10-17,22-23,29-34H,18-21H2,1-9H3,(H,45,46)(H,47,50)(H,48,55)(H,49,56)/t29-,30-,31+,32+,33+,34+/m1/s1. The van der Waals surface area contributed by atoms with Crippen LogP contribution in [0.5, 0.6) is 0 Å². The second-order valence-corrected chi connectivity index (χ2v) is 23.1. The van der Waals surface area contributed by atoms with E-state index in [1.165, 1.54) is 14.2 Å². The zero-order valence-corrected chi connectivity index (χ0v) is 36.9. The molecule has 4 heterocycles. The summed E-state index contributed by atoms with van der Waals surface area (Å²) in [5.74, 6) is 1.31. The number of nitrogens with zero attached hydrogens (tertiary/aromatic N) is 4. The van der Waals surface area contributed by atoms with Crippen molar-refractivity contribution < 1.29 is 28.7 Å². The van der Waals surface area contributed by atoms with Crippen LogP contribution in [0.4, 0.5) is 9.59 Å². The summed E-state index contributed by atoms with van der Waals surface area (Å²) >= 11 is 6.80. The van der Waals surface area contributed by atoms with E-state index in [1.807, 2.05) is 68.7 Å². The Kier molecular flexibility index (Phi) is 11.7. The van der Waals surface area contributed by atoms with Crippen LogP contribution in [0.3, 0.4) is 0 Å². The number of carbonyl (C=O) groups is 4. The molecule has 3 fully saturated rings. The van der Waals surface area contributed by atoms with Crippen molar-refractivity contribution in [3.8, 4) is 33.6 Å². The fraction of sp³-hybridized carbons (Fsp3) is 0.488. The van der Waals surface area contributed by atoms with Crippen LogP contribution in [-0.4, -0.2) is 100 Å². The highest BCUT2D eigenvalue weighted by molar-refractivity contribution is 6.78. The van der Waals surface area contributed by atoms with E-state index in [9.17, 15) is 19.2 Å². The lowest BCUT2D eigenvalue weighted by atomic mass is 10.0. The Morgan fingerprint density at radius 2 is 1.24 bits per heavy atom. The number of hydrogen-bond donors (Lipinski definition) is 4. The Morgan fingerprint density at radius 3 is 1.78 bits per heavy atom. The first kappa shape index (κ1) is 42.0. The molecule has 2 aromatic heterocycles. The van der Waals surface area contributed by atoms with Crippen molar-refractivity contribution in [3.63, 3.8) is 0 Å². The van der Waals surface area contributed by atoms with Crippen molar-refractivity contribution >= 4 is 43.7 Å². The number of imidazole rings is 2. The third-order valence-electron chi connectivity index (χ3n) is 12.0. The lowest BCUT2D eigenvalue weighted by Gasteiger charge is -2.31. The number of piperidine rings is 1. The van der Waals surface area contributed by atoms with E-state index in [0.29, 0.717) is 28.8 Å². The first-order valence-electron chi connectivity index (χ1n) is 20.3. The molecule has 14 nitrogen and oxygen atoms in total. The number of carbonyl (C=O) groups excluding carboxylic acids is 4. The van der Waals surface area contributed by atoms with Gasteiger partial charge in [0, 0.05) is 29.0 Å². The summed E-state index contributed by atoms with van der Waals surface area (Å²) < 4.78 is 9.61. The summed E-state index contributed by atoms with van der Waals surface area (Å²) in [5, 5.41) is 5.87. The summed E-state index contributed by atoms with van der Waals surface area (Å²) in [6.07, 6.45) is 1.18. The van der Waals surface area contributed by atoms with E-state index < -0.39 is 32.3 Å². The summed E-state index contributed by atoms with van der Waals surface area (Å²) in [5.41, 5.74) is 6.21. The Bertz CT molecular complexity index is 2220. The minimum atomic E-state index is -1.81. The van der Waals surface area contributed by atoms with Crippen LogP contribution < -0.4 is 10.6 Å². The Morgan fingerprint density at radius 1 is 0.746 bits per heavy atom. The number of H-pyrrole nitrogens is 2. The summed E-state index contributed by atoms with van der Waals surface area (Å²) in [6.45, 7) is 14.1. The van der Waals surface area contributed by atoms with Crippen molar-refractivity contribution in [3.05, 3.63) is 71.0 Å². The van der Waals surface area contributed by atoms with Crippen LogP contribution in [0.2, 0.25) is 24.3 Å². The van der Waals surface area contributed by atoms with Crippen molar-refractivity contribution in [1.82, 2.24) is 40.4 Å². The van der Waals surface area contributed by atoms with Crippen LogP contribution in [0.1, 0.15) is 70.0 Å². The zero-order chi connectivity index (χ0) is 42.5. The Balaban J connectivity index is 1.06. The van der Waals surface area contributed by atoms with Gasteiger partial charge in [-0.1, -0.05) is 101 Å². The van der Waals surface area contributed by atoms with Gasteiger partial charge in [-0.25, -0.2) is 19.6 Å². The van der Waals surface area contributed by atoms with Gasteiger partial charge in [-0.3, -0.25) is 9.59 Å². The molecule has 59 heavy (non-hydrogen) atoms. The maximum absolute atomic E-state index is 13.9. The molecule has 16 heteroatoms. The zero-order valence-electron chi connectivity index (χ0n) is 35.2. The molecule has 0 spiro atoms. The van der Waals surface area contributed by atoms with E-state index in [2.05, 4.69) is 58.0 Å². The van der Waals surface area contributed by atoms with Gasteiger partial charge in [0.15, 0.2) is 0 Å². The summed E-state index contributed by atoms with van der Waals surface area (Å²) in [4.78, 5) is 72.5. The molecule has 314 valence electrons. The number of amides is 4. The van der Waals surface area contributed by atoms with Gasteiger partial charge in [-0.15, -0.1) is 0 Å². The van der Waals surface area contributed by atoms with Gasteiger partial charge in [-0.2, -0.15) is 0 Å². The lowest BCUT2D eigenvalue weighted by Crippen LogP contribution is -2.52. The predicted octanol–water partition coefficient (Wildman–Crippen LogP) is 7.65. The molecule has 2 aromatic carbocycles. The van der Waals surface area contributed by atoms with Crippen molar-refractivity contribution in [2.75, 3.05) is 20.4 Å². The largest absolute Gasteiger partial charge is 0.453 e. The van der Waals surface area contributed by atoms with Crippen LogP contribution >= 0.6 is 11.6 Å². The van der Waals surface area contributed by atoms with Gasteiger partial charge in [-0.05, 0) is 54.7 Å². The van der Waals surface area contributed by atoms with E-state index in [4.69, 9.17) is 31.0 Å². The van der Waals surface area contributed by atoms with Gasteiger partial charge in [0.1, 0.15) is 34.6 Å². The predicted molar refractivity (Wildman–Crippen MR) is 228 cm³/mol. The highest BCUT2D eigenvalue weighted by Crippen LogP contribution is 2.53. The molecule has 7 rings (SSSR count). The second-order valence-electron chi connectivity index (χ2n) is 17.7. The average molecular weight is 844 g/mol. The number of halogens is 1. The average Bonchev–Trinajstić information content (AvgIpc) is 3.49. The van der Waals surface area contributed by atoms with Gasteiger partial charge >= 0.3 is 12.2 Å². The molecule has 0 bridgehead atoms. The number of alkyl carbamates (subject to hydrolysis) is 2. The molecule has 4 amide bonds. The molecule has 0 unspecified atom stereocenters. The highest BCUT2D eigenvalue weighted by atomic mass is 35.5.